The minimum absolute atomic E-state index is 0.483. The van der Waals surface area contributed by atoms with E-state index in [9.17, 15) is 9.59 Å². The molecule has 198 valence electrons. The highest BCUT2D eigenvalue weighted by molar-refractivity contribution is 5.87. The van der Waals surface area contributed by atoms with Crippen molar-refractivity contribution in [2.75, 3.05) is 44.7 Å². The van der Waals surface area contributed by atoms with E-state index in [0.717, 1.165) is 38.4 Å². The van der Waals surface area contributed by atoms with Gasteiger partial charge >= 0.3 is 11.8 Å². The van der Waals surface area contributed by atoms with Crippen LogP contribution in [-0.4, -0.2) is 60.2 Å². The van der Waals surface area contributed by atoms with Crippen molar-refractivity contribution >= 4 is 22.9 Å². The van der Waals surface area contributed by atoms with E-state index in [2.05, 4.69) is 58.3 Å². The highest BCUT2D eigenvalue weighted by Crippen LogP contribution is 2.29. The molecule has 3 aromatic carbocycles. The van der Waals surface area contributed by atoms with Crippen LogP contribution in [0, 0.1) is 0 Å². The number of ether oxygens (including phenoxy) is 1. The fraction of sp³-hybridized carbons (Fsp3) is 0.333. The molecular weight excluding hydrogens is 480 g/mol. The molecule has 8 heteroatoms. The third kappa shape index (κ3) is 5.31. The van der Waals surface area contributed by atoms with Crippen molar-refractivity contribution in [1.82, 2.24) is 14.4 Å². The molecule has 1 aromatic heterocycles. The molecule has 0 bridgehead atoms. The van der Waals surface area contributed by atoms with Crippen molar-refractivity contribution in [3.8, 4) is 11.1 Å². The first-order chi connectivity index (χ1) is 18.4. The zero-order valence-corrected chi connectivity index (χ0v) is 22.2. The van der Waals surface area contributed by atoms with Crippen LogP contribution in [0.1, 0.15) is 25.6 Å². The van der Waals surface area contributed by atoms with Gasteiger partial charge in [-0.05, 0) is 48.7 Å². The van der Waals surface area contributed by atoms with Crippen molar-refractivity contribution in [1.29, 1.82) is 0 Å². The molecule has 8 nitrogen and oxygen atoms in total. The second kappa shape index (κ2) is 11.1. The number of aromatic nitrogens is 1. The van der Waals surface area contributed by atoms with Gasteiger partial charge in [0.05, 0.1) is 11.2 Å². The Morgan fingerprint density at radius 1 is 0.974 bits per heavy atom. The van der Waals surface area contributed by atoms with Gasteiger partial charge in [0.2, 0.25) is 0 Å². The summed E-state index contributed by atoms with van der Waals surface area (Å²) in [5.74, 6) is -0.538. The van der Waals surface area contributed by atoms with Crippen LogP contribution in [0.4, 0.5) is 10.5 Å². The SMILES string of the molecule is CCN(C)C(=O)OC(C)n1c(=O)oc2c(N3CCN(Cc4cccc(-c5ccccc5)c4)CC3)cccc21. The lowest BCUT2D eigenvalue weighted by molar-refractivity contribution is 0.0432. The highest BCUT2D eigenvalue weighted by atomic mass is 16.6. The zero-order chi connectivity index (χ0) is 26.6. The number of anilines is 1. The van der Waals surface area contributed by atoms with Crippen LogP contribution in [0.3, 0.4) is 0 Å². The highest BCUT2D eigenvalue weighted by Gasteiger charge is 2.25. The van der Waals surface area contributed by atoms with Gasteiger partial charge < -0.3 is 19.0 Å². The third-order valence-corrected chi connectivity index (χ3v) is 7.19. The Morgan fingerprint density at radius 2 is 1.68 bits per heavy atom. The number of nitrogens with zero attached hydrogens (tertiary/aromatic N) is 4. The molecule has 4 aromatic rings. The van der Waals surface area contributed by atoms with Gasteiger partial charge in [-0.15, -0.1) is 0 Å². The Hall–Kier alpha value is -4.04. The molecule has 1 atom stereocenters. The lowest BCUT2D eigenvalue weighted by atomic mass is 10.0. The summed E-state index contributed by atoms with van der Waals surface area (Å²) in [6, 6.07) is 24.9. The summed E-state index contributed by atoms with van der Waals surface area (Å²) in [6.45, 7) is 8.37. The summed E-state index contributed by atoms with van der Waals surface area (Å²) in [4.78, 5) is 31.2. The Labute approximate surface area is 222 Å². The standard InChI is InChI=1S/C30H34N4O4/c1-4-31(3)29(35)37-22(2)34-27-15-9-14-26(28(27)38-30(34)36)33-18-16-32(17-19-33)21-23-10-8-13-25(20-23)24-11-6-5-7-12-24/h5-15,20,22H,4,16-19,21H2,1-3H3. The molecule has 0 spiro atoms. The Kier molecular flexibility index (Phi) is 7.51. The number of fused-ring (bicyclic) bond motifs is 1. The largest absolute Gasteiger partial charge is 0.425 e. The number of rotatable bonds is 7. The lowest BCUT2D eigenvalue weighted by Crippen LogP contribution is -2.46. The summed E-state index contributed by atoms with van der Waals surface area (Å²) in [5.41, 5.74) is 5.77. The number of oxazole rings is 1. The maximum absolute atomic E-state index is 12.8. The summed E-state index contributed by atoms with van der Waals surface area (Å²) in [7, 11) is 1.66. The molecule has 1 saturated heterocycles. The first-order valence-electron chi connectivity index (χ1n) is 13.1. The van der Waals surface area contributed by atoms with Crippen LogP contribution in [0.25, 0.3) is 22.2 Å². The van der Waals surface area contributed by atoms with Gasteiger partial charge in [-0.1, -0.05) is 54.6 Å². The Bertz CT molecular complexity index is 1450. The predicted octanol–water partition coefficient (Wildman–Crippen LogP) is 5.19. The van der Waals surface area contributed by atoms with Gasteiger partial charge in [-0.25, -0.2) is 14.2 Å². The fourth-order valence-corrected chi connectivity index (χ4v) is 4.94. The minimum Gasteiger partial charge on any atom is -0.425 e. The number of carbonyl (C=O) groups is 1. The normalized spacial score (nSPS) is 15.0. The van der Waals surface area contributed by atoms with Gasteiger partial charge in [0, 0.05) is 46.3 Å². The average molecular weight is 515 g/mol. The molecule has 1 amide bonds. The van der Waals surface area contributed by atoms with E-state index in [1.165, 1.54) is 26.2 Å². The summed E-state index contributed by atoms with van der Waals surface area (Å²) >= 11 is 0. The predicted molar refractivity (Wildman–Crippen MR) is 149 cm³/mol. The maximum atomic E-state index is 12.8. The van der Waals surface area contributed by atoms with Crippen LogP contribution in [0.5, 0.6) is 0 Å². The molecule has 2 heterocycles. The number of hydrogen-bond donors (Lipinski definition) is 0. The van der Waals surface area contributed by atoms with Crippen molar-refractivity contribution in [3.63, 3.8) is 0 Å². The molecule has 1 fully saturated rings. The van der Waals surface area contributed by atoms with E-state index in [0.29, 0.717) is 17.6 Å². The first kappa shape index (κ1) is 25.6. The molecule has 0 radical (unpaired) electrons. The Balaban J connectivity index is 1.28. The molecule has 0 aliphatic carbocycles. The average Bonchev–Trinajstić information content (AvgIpc) is 3.29. The number of piperazine rings is 1. The molecule has 1 unspecified atom stereocenters. The van der Waals surface area contributed by atoms with E-state index in [1.54, 1.807) is 14.0 Å². The number of benzene rings is 3. The van der Waals surface area contributed by atoms with Crippen LogP contribution < -0.4 is 10.7 Å². The van der Waals surface area contributed by atoms with E-state index < -0.39 is 18.1 Å². The molecule has 0 N–H and O–H groups in total. The van der Waals surface area contributed by atoms with Gasteiger partial charge in [-0.2, -0.15) is 0 Å². The van der Waals surface area contributed by atoms with Crippen molar-refractivity contribution < 1.29 is 13.9 Å². The third-order valence-electron chi connectivity index (χ3n) is 7.19. The van der Waals surface area contributed by atoms with Crippen molar-refractivity contribution in [3.05, 3.63) is 88.9 Å². The maximum Gasteiger partial charge on any atom is 0.423 e. The van der Waals surface area contributed by atoms with E-state index in [4.69, 9.17) is 9.15 Å². The van der Waals surface area contributed by atoms with E-state index in [1.807, 2.05) is 31.2 Å². The number of hydrogen-bond acceptors (Lipinski definition) is 6. The Morgan fingerprint density at radius 3 is 2.42 bits per heavy atom. The number of para-hydroxylation sites is 1. The summed E-state index contributed by atoms with van der Waals surface area (Å²) in [5, 5.41) is 0. The zero-order valence-electron chi connectivity index (χ0n) is 22.2. The molecule has 1 aliphatic heterocycles. The molecular formula is C30H34N4O4. The van der Waals surface area contributed by atoms with Gasteiger partial charge in [0.1, 0.15) is 0 Å². The van der Waals surface area contributed by atoms with E-state index >= 15 is 0 Å². The van der Waals surface area contributed by atoms with Crippen LogP contribution in [0.15, 0.2) is 82.0 Å². The summed E-state index contributed by atoms with van der Waals surface area (Å²) in [6.07, 6.45) is -1.27. The second-order valence-corrected chi connectivity index (χ2v) is 9.69. The molecule has 0 saturated carbocycles. The van der Waals surface area contributed by atoms with Crippen LogP contribution >= 0.6 is 0 Å². The second-order valence-electron chi connectivity index (χ2n) is 9.69. The number of carbonyl (C=O) groups excluding carboxylic acids is 1. The molecule has 1 aliphatic rings. The van der Waals surface area contributed by atoms with Crippen LogP contribution in [-0.2, 0) is 11.3 Å². The molecule has 38 heavy (non-hydrogen) atoms. The van der Waals surface area contributed by atoms with Crippen molar-refractivity contribution in [2.24, 2.45) is 0 Å². The quantitative estimate of drug-likeness (QED) is 0.338. The van der Waals surface area contributed by atoms with Gasteiger partial charge in [0.15, 0.2) is 11.8 Å². The first-order valence-corrected chi connectivity index (χ1v) is 13.1. The number of amides is 1. The monoisotopic (exact) mass is 514 g/mol. The van der Waals surface area contributed by atoms with Gasteiger partial charge in [-0.3, -0.25) is 4.90 Å². The topological polar surface area (TPSA) is 71.2 Å². The van der Waals surface area contributed by atoms with Crippen molar-refractivity contribution in [2.45, 2.75) is 26.6 Å². The van der Waals surface area contributed by atoms with Gasteiger partial charge in [0.25, 0.3) is 0 Å². The lowest BCUT2D eigenvalue weighted by Gasteiger charge is -2.36. The molecule has 5 rings (SSSR count). The van der Waals surface area contributed by atoms with Crippen LogP contribution in [0.2, 0.25) is 0 Å². The van der Waals surface area contributed by atoms with E-state index in [-0.39, 0.29) is 0 Å². The minimum atomic E-state index is -0.788. The fourth-order valence-electron chi connectivity index (χ4n) is 4.94. The summed E-state index contributed by atoms with van der Waals surface area (Å²) < 4.78 is 12.6. The smallest absolute Gasteiger partial charge is 0.423 e.